The molecular formula is C9H11F3N2O. The minimum absolute atomic E-state index is 0.0356. The number of nitrogens with two attached hydrogens (primary N) is 1. The summed E-state index contributed by atoms with van der Waals surface area (Å²) >= 11 is 0. The summed E-state index contributed by atoms with van der Waals surface area (Å²) < 4.78 is 37.5. The minimum atomic E-state index is -4.46. The van der Waals surface area contributed by atoms with Gasteiger partial charge in [-0.1, -0.05) is 0 Å². The molecule has 0 aliphatic heterocycles. The molecule has 3 nitrogen and oxygen atoms in total. The van der Waals surface area contributed by atoms with Crippen LogP contribution in [0.3, 0.4) is 0 Å². The largest absolute Gasteiger partial charge is 0.418 e. The third kappa shape index (κ3) is 2.90. The predicted molar refractivity (Wildman–Crippen MR) is 47.9 cm³/mol. The highest BCUT2D eigenvalue weighted by atomic mass is 19.4. The number of pyridine rings is 1. The second-order valence-corrected chi connectivity index (χ2v) is 3.08. The zero-order chi connectivity index (χ0) is 11.5. The first-order valence-corrected chi connectivity index (χ1v) is 4.34. The van der Waals surface area contributed by atoms with Gasteiger partial charge in [0.25, 0.3) is 0 Å². The third-order valence-electron chi connectivity index (χ3n) is 2.00. The van der Waals surface area contributed by atoms with Gasteiger partial charge in [-0.15, -0.1) is 0 Å². The summed E-state index contributed by atoms with van der Waals surface area (Å²) in [5.41, 5.74) is 4.64. The lowest BCUT2D eigenvalue weighted by Crippen LogP contribution is -2.18. The number of hydrogen-bond acceptors (Lipinski definition) is 3. The fourth-order valence-electron chi connectivity index (χ4n) is 1.26. The third-order valence-corrected chi connectivity index (χ3v) is 2.00. The van der Waals surface area contributed by atoms with Gasteiger partial charge in [-0.3, -0.25) is 4.98 Å². The van der Waals surface area contributed by atoms with Crippen molar-refractivity contribution in [3.05, 3.63) is 29.6 Å². The lowest BCUT2D eigenvalue weighted by atomic mass is 10.0. The molecule has 0 saturated carbocycles. The average molecular weight is 220 g/mol. The van der Waals surface area contributed by atoms with E-state index in [1.807, 2.05) is 0 Å². The van der Waals surface area contributed by atoms with Crippen LogP contribution in [0.4, 0.5) is 13.2 Å². The van der Waals surface area contributed by atoms with Gasteiger partial charge in [0.2, 0.25) is 0 Å². The van der Waals surface area contributed by atoms with Crippen LogP contribution < -0.4 is 5.73 Å². The molecule has 1 atom stereocenters. The van der Waals surface area contributed by atoms with Crippen LogP contribution in [0, 0.1) is 0 Å². The number of halogens is 3. The Bertz CT molecular complexity index is 327. The van der Waals surface area contributed by atoms with Crippen molar-refractivity contribution in [2.75, 3.05) is 6.61 Å². The zero-order valence-corrected chi connectivity index (χ0v) is 7.83. The fourth-order valence-corrected chi connectivity index (χ4v) is 1.26. The van der Waals surface area contributed by atoms with Gasteiger partial charge < -0.3 is 10.8 Å². The van der Waals surface area contributed by atoms with Gasteiger partial charge in [0, 0.05) is 25.0 Å². The van der Waals surface area contributed by atoms with Gasteiger partial charge in [-0.2, -0.15) is 13.2 Å². The first kappa shape index (κ1) is 11.9. The maximum absolute atomic E-state index is 12.5. The van der Waals surface area contributed by atoms with E-state index in [1.165, 1.54) is 12.3 Å². The number of hydrogen-bond donors (Lipinski definition) is 2. The van der Waals surface area contributed by atoms with Crippen molar-refractivity contribution in [1.29, 1.82) is 0 Å². The quantitative estimate of drug-likeness (QED) is 0.811. The smallest absolute Gasteiger partial charge is 0.396 e. The van der Waals surface area contributed by atoms with Crippen molar-refractivity contribution in [2.45, 2.75) is 18.6 Å². The molecule has 0 aromatic carbocycles. The van der Waals surface area contributed by atoms with Crippen molar-refractivity contribution in [2.24, 2.45) is 5.73 Å². The monoisotopic (exact) mass is 220 g/mol. The SMILES string of the molecule is NC(CCO)c1ccncc1C(F)(F)F. The van der Waals surface area contributed by atoms with E-state index in [4.69, 9.17) is 10.8 Å². The van der Waals surface area contributed by atoms with Crippen molar-refractivity contribution >= 4 is 0 Å². The molecule has 0 saturated heterocycles. The molecule has 1 aromatic rings. The predicted octanol–water partition coefficient (Wildman–Crippen LogP) is 1.48. The summed E-state index contributed by atoms with van der Waals surface area (Å²) in [6.45, 7) is -0.249. The van der Waals surface area contributed by atoms with Crippen LogP contribution in [0.1, 0.15) is 23.6 Å². The molecule has 1 aromatic heterocycles. The summed E-state index contributed by atoms with van der Waals surface area (Å²) in [6, 6.07) is 0.401. The first-order valence-electron chi connectivity index (χ1n) is 4.34. The zero-order valence-electron chi connectivity index (χ0n) is 7.83. The van der Waals surface area contributed by atoms with E-state index in [0.717, 1.165) is 6.20 Å². The standard InChI is InChI=1S/C9H11F3N2O/c10-9(11,12)7-5-14-3-1-6(7)8(13)2-4-15/h1,3,5,8,15H,2,4,13H2. The molecule has 0 spiro atoms. The Kier molecular flexibility index (Phi) is 3.65. The van der Waals surface area contributed by atoms with Crippen LogP contribution in [0.5, 0.6) is 0 Å². The highest BCUT2D eigenvalue weighted by Crippen LogP contribution is 2.33. The summed E-state index contributed by atoms with van der Waals surface area (Å²) in [5, 5.41) is 8.61. The van der Waals surface area contributed by atoms with E-state index in [9.17, 15) is 13.2 Å². The van der Waals surface area contributed by atoms with E-state index in [2.05, 4.69) is 4.98 Å². The molecule has 0 fully saturated rings. The number of alkyl halides is 3. The molecule has 3 N–H and O–H groups in total. The van der Waals surface area contributed by atoms with Crippen LogP contribution in [0.15, 0.2) is 18.5 Å². The average Bonchev–Trinajstić information content (AvgIpc) is 2.17. The lowest BCUT2D eigenvalue weighted by molar-refractivity contribution is -0.138. The highest BCUT2D eigenvalue weighted by Gasteiger charge is 2.34. The summed E-state index contributed by atoms with van der Waals surface area (Å²) in [7, 11) is 0. The molecule has 1 rings (SSSR count). The number of rotatable bonds is 3. The second-order valence-electron chi connectivity index (χ2n) is 3.08. The maximum Gasteiger partial charge on any atom is 0.418 e. The number of aliphatic hydroxyl groups is 1. The number of nitrogens with zero attached hydrogens (tertiary/aromatic N) is 1. The molecular weight excluding hydrogens is 209 g/mol. The molecule has 15 heavy (non-hydrogen) atoms. The van der Waals surface area contributed by atoms with Crippen LogP contribution >= 0.6 is 0 Å². The Morgan fingerprint density at radius 3 is 2.67 bits per heavy atom. The van der Waals surface area contributed by atoms with Gasteiger partial charge in [0.15, 0.2) is 0 Å². The van der Waals surface area contributed by atoms with E-state index in [-0.39, 0.29) is 18.6 Å². The van der Waals surface area contributed by atoms with Crippen LogP contribution in [-0.4, -0.2) is 16.7 Å². The molecule has 6 heteroatoms. The van der Waals surface area contributed by atoms with E-state index in [1.54, 1.807) is 0 Å². The van der Waals surface area contributed by atoms with Gasteiger partial charge >= 0.3 is 6.18 Å². The lowest BCUT2D eigenvalue weighted by Gasteiger charge is -2.16. The van der Waals surface area contributed by atoms with Crippen LogP contribution in [0.25, 0.3) is 0 Å². The van der Waals surface area contributed by atoms with Gasteiger partial charge in [-0.25, -0.2) is 0 Å². The normalized spacial score (nSPS) is 13.9. The molecule has 0 amide bonds. The van der Waals surface area contributed by atoms with Crippen molar-refractivity contribution in [1.82, 2.24) is 4.98 Å². The van der Waals surface area contributed by atoms with E-state index < -0.39 is 17.8 Å². The van der Waals surface area contributed by atoms with Gasteiger partial charge in [-0.05, 0) is 18.1 Å². The summed E-state index contributed by atoms with van der Waals surface area (Å²) in [4.78, 5) is 3.42. The topological polar surface area (TPSA) is 59.1 Å². The Labute approximate surface area is 84.7 Å². The van der Waals surface area contributed by atoms with Crippen molar-refractivity contribution < 1.29 is 18.3 Å². The van der Waals surface area contributed by atoms with Crippen LogP contribution in [0.2, 0.25) is 0 Å². The highest BCUT2D eigenvalue weighted by molar-refractivity contribution is 5.28. The Morgan fingerprint density at radius 1 is 1.47 bits per heavy atom. The van der Waals surface area contributed by atoms with E-state index in [0.29, 0.717) is 0 Å². The Balaban J connectivity index is 3.06. The second kappa shape index (κ2) is 4.59. The minimum Gasteiger partial charge on any atom is -0.396 e. The Hall–Kier alpha value is -1.14. The molecule has 84 valence electrons. The fraction of sp³-hybridized carbons (Fsp3) is 0.444. The number of aliphatic hydroxyl groups excluding tert-OH is 1. The van der Waals surface area contributed by atoms with E-state index >= 15 is 0 Å². The van der Waals surface area contributed by atoms with Crippen molar-refractivity contribution in [3.63, 3.8) is 0 Å². The molecule has 0 aliphatic carbocycles. The van der Waals surface area contributed by atoms with Gasteiger partial charge in [0.1, 0.15) is 0 Å². The summed E-state index contributed by atoms with van der Waals surface area (Å²) in [5.74, 6) is 0. The first-order chi connectivity index (χ1) is 6.96. The maximum atomic E-state index is 12.5. The Morgan fingerprint density at radius 2 is 2.13 bits per heavy atom. The number of aromatic nitrogens is 1. The van der Waals surface area contributed by atoms with Crippen LogP contribution in [-0.2, 0) is 6.18 Å². The molecule has 0 radical (unpaired) electrons. The molecule has 1 unspecified atom stereocenters. The molecule has 0 aliphatic rings. The molecule has 1 heterocycles. The summed E-state index contributed by atoms with van der Waals surface area (Å²) in [6.07, 6.45) is -2.38. The van der Waals surface area contributed by atoms with Crippen molar-refractivity contribution in [3.8, 4) is 0 Å². The molecule has 0 bridgehead atoms. The van der Waals surface area contributed by atoms with Gasteiger partial charge in [0.05, 0.1) is 5.56 Å².